The van der Waals surface area contributed by atoms with Crippen molar-refractivity contribution in [3.05, 3.63) is 0 Å². The summed E-state index contributed by atoms with van der Waals surface area (Å²) in [5, 5.41) is 74.6. The van der Waals surface area contributed by atoms with E-state index in [-0.39, 0.29) is 64.2 Å². The maximum atomic E-state index is 15.4. The molecule has 0 aliphatic heterocycles. The highest BCUT2D eigenvalue weighted by molar-refractivity contribution is 5.98. The molecule has 64 heavy (non-hydrogen) atoms. The third kappa shape index (κ3) is 6.12. The average molecular weight is 903 g/mol. The van der Waals surface area contributed by atoms with E-state index in [1.165, 1.54) is 27.7 Å². The highest BCUT2D eigenvalue weighted by atomic mass is 16.6. The lowest BCUT2D eigenvalue weighted by atomic mass is 9.38. The summed E-state index contributed by atoms with van der Waals surface area (Å²) in [6.07, 6.45) is -9.09. The molecule has 16 heteroatoms. The number of fused-ring (bicyclic) bond motifs is 6. The van der Waals surface area contributed by atoms with Crippen molar-refractivity contribution in [1.82, 2.24) is 0 Å². The van der Waals surface area contributed by atoms with Crippen LogP contribution in [0.5, 0.6) is 0 Å². The molecule has 0 aromatic carbocycles. The standard InChI is InChI=1S/C48H70O16/c1-21(49)61-30-14-26-18-46(20-28(54)35-41(5,6)32(62-22(2)50)15-31(56)43(35,9)38(30)46)40(58)48(26,60)12-11-47(59)25-13-27(53)37-44(10)34(64-24(4)52)16-33(63-23(3)51)42(7,8)36(44)29(55)19-45(37,17-25)39(47)57/h25-38,53-56,59-60H,11-20H2,1-10H3/t25-,26-,27+,28+,29+,30+,31+,32+,33+,34+,35?,36?,37?,38?,43-,44-,45+,46+,47+,48+/m1/s1. The number of rotatable bonds is 7. The Bertz CT molecular complexity index is 2020. The molecule has 8 aliphatic carbocycles. The Morgan fingerprint density at radius 2 is 0.906 bits per heavy atom. The van der Waals surface area contributed by atoms with Gasteiger partial charge in [0.1, 0.15) is 35.6 Å². The second-order valence-electron chi connectivity index (χ2n) is 23.4. The van der Waals surface area contributed by atoms with E-state index < -0.39 is 163 Å². The van der Waals surface area contributed by atoms with Crippen molar-refractivity contribution < 1.29 is 78.4 Å². The molecule has 4 bridgehead atoms. The second-order valence-corrected chi connectivity index (χ2v) is 23.4. The zero-order valence-corrected chi connectivity index (χ0v) is 38.9. The van der Waals surface area contributed by atoms with Gasteiger partial charge in [-0.05, 0) is 63.2 Å². The first kappa shape index (κ1) is 47.5. The average Bonchev–Trinajstić information content (AvgIpc) is 3.40. The fourth-order valence-corrected chi connectivity index (χ4v) is 18.0. The number of ether oxygens (including phenoxy) is 4. The van der Waals surface area contributed by atoms with Crippen LogP contribution in [0.1, 0.15) is 133 Å². The summed E-state index contributed by atoms with van der Waals surface area (Å²) < 4.78 is 23.4. The maximum absolute atomic E-state index is 15.4. The van der Waals surface area contributed by atoms with Gasteiger partial charge in [0.2, 0.25) is 0 Å². The van der Waals surface area contributed by atoms with Crippen molar-refractivity contribution in [2.45, 2.75) is 193 Å². The number of esters is 4. The Kier molecular flexibility index (Phi) is 10.9. The predicted octanol–water partition coefficient (Wildman–Crippen LogP) is 2.50. The summed E-state index contributed by atoms with van der Waals surface area (Å²) in [5.74, 6) is -8.44. The van der Waals surface area contributed by atoms with E-state index in [0.717, 1.165) is 0 Å². The molecule has 0 saturated heterocycles. The molecule has 0 aromatic heterocycles. The maximum Gasteiger partial charge on any atom is 0.302 e. The molecule has 6 N–H and O–H groups in total. The first-order valence-corrected chi connectivity index (χ1v) is 23.4. The quantitative estimate of drug-likeness (QED) is 0.158. The van der Waals surface area contributed by atoms with Gasteiger partial charge in [0.05, 0.1) is 24.4 Å². The van der Waals surface area contributed by atoms with Gasteiger partial charge in [-0.3, -0.25) is 28.8 Å². The molecule has 8 aliphatic rings. The van der Waals surface area contributed by atoms with Crippen molar-refractivity contribution in [2.75, 3.05) is 0 Å². The van der Waals surface area contributed by atoms with Crippen molar-refractivity contribution >= 4 is 35.4 Å². The third-order valence-corrected chi connectivity index (χ3v) is 19.5. The van der Waals surface area contributed by atoms with Crippen LogP contribution in [-0.2, 0) is 47.7 Å². The molecule has 8 fully saturated rings. The summed E-state index contributed by atoms with van der Waals surface area (Å²) in [6, 6.07) is 0. The van der Waals surface area contributed by atoms with E-state index in [9.17, 15) is 49.8 Å². The van der Waals surface area contributed by atoms with E-state index in [2.05, 4.69) is 0 Å². The van der Waals surface area contributed by atoms with Gasteiger partial charge in [-0.2, -0.15) is 0 Å². The molecular weight excluding hydrogens is 833 g/mol. The highest BCUT2D eigenvalue weighted by Gasteiger charge is 2.81. The Morgan fingerprint density at radius 3 is 1.38 bits per heavy atom. The Morgan fingerprint density at radius 1 is 0.500 bits per heavy atom. The largest absolute Gasteiger partial charge is 0.462 e. The van der Waals surface area contributed by atoms with E-state index in [0.29, 0.717) is 0 Å². The summed E-state index contributed by atoms with van der Waals surface area (Å²) >= 11 is 0. The van der Waals surface area contributed by atoms with E-state index in [4.69, 9.17) is 18.9 Å². The monoisotopic (exact) mass is 902 g/mol. The van der Waals surface area contributed by atoms with Crippen molar-refractivity contribution in [1.29, 1.82) is 0 Å². The summed E-state index contributed by atoms with van der Waals surface area (Å²) in [4.78, 5) is 80.7. The molecule has 0 heterocycles. The molecule has 16 nitrogen and oxygen atoms in total. The van der Waals surface area contributed by atoms with Crippen LogP contribution in [0.25, 0.3) is 0 Å². The number of ketones is 2. The Labute approximate surface area is 374 Å². The number of aliphatic hydroxyl groups is 6. The Balaban J connectivity index is 1.14. The van der Waals surface area contributed by atoms with Crippen LogP contribution in [0.3, 0.4) is 0 Å². The van der Waals surface area contributed by atoms with Crippen LogP contribution in [-0.4, -0.2) is 126 Å². The topological polar surface area (TPSA) is 261 Å². The van der Waals surface area contributed by atoms with Crippen LogP contribution < -0.4 is 0 Å². The van der Waals surface area contributed by atoms with Gasteiger partial charge in [-0.15, -0.1) is 0 Å². The van der Waals surface area contributed by atoms with Crippen LogP contribution in [0, 0.1) is 68.0 Å². The fourth-order valence-electron chi connectivity index (χ4n) is 18.0. The molecule has 8 rings (SSSR count). The van der Waals surface area contributed by atoms with Gasteiger partial charge in [0, 0.05) is 96.7 Å². The number of carbonyl (C=O) groups is 6. The predicted molar refractivity (Wildman–Crippen MR) is 222 cm³/mol. The molecule has 2 spiro atoms. The first-order valence-electron chi connectivity index (χ1n) is 23.4. The summed E-state index contributed by atoms with van der Waals surface area (Å²) in [6.45, 7) is 16.0. The Hall–Kier alpha value is -3.02. The van der Waals surface area contributed by atoms with Gasteiger partial charge in [-0.1, -0.05) is 41.5 Å². The highest BCUT2D eigenvalue weighted by Crippen LogP contribution is 2.75. The smallest absolute Gasteiger partial charge is 0.302 e. The zero-order chi connectivity index (χ0) is 47.4. The molecule has 0 aromatic rings. The molecule has 8 saturated carbocycles. The molecule has 4 unspecified atom stereocenters. The minimum Gasteiger partial charge on any atom is -0.462 e. The number of hydrogen-bond donors (Lipinski definition) is 6. The molecule has 0 amide bonds. The normalized spacial score (nSPS) is 51.7. The van der Waals surface area contributed by atoms with Gasteiger partial charge in [-0.25, -0.2) is 0 Å². The van der Waals surface area contributed by atoms with Gasteiger partial charge in [0.25, 0.3) is 0 Å². The second kappa shape index (κ2) is 14.7. The number of aliphatic hydroxyl groups excluding tert-OH is 4. The zero-order valence-electron chi connectivity index (χ0n) is 38.9. The van der Waals surface area contributed by atoms with E-state index >= 15 is 9.59 Å². The molecule has 358 valence electrons. The van der Waals surface area contributed by atoms with E-state index in [1.807, 2.05) is 27.7 Å². The lowest BCUT2D eigenvalue weighted by Crippen LogP contribution is -2.72. The minimum absolute atomic E-state index is 0.000923. The molecule has 20 atom stereocenters. The summed E-state index contributed by atoms with van der Waals surface area (Å²) in [5.41, 5.74) is -11.6. The number of Topliss-reactive ketones (excluding diaryl/α,β-unsaturated/α-hetero) is 2. The first-order chi connectivity index (χ1) is 29.4. The van der Waals surface area contributed by atoms with Crippen molar-refractivity contribution in [3.8, 4) is 0 Å². The third-order valence-electron chi connectivity index (χ3n) is 19.5. The molecule has 0 radical (unpaired) electrons. The lowest BCUT2D eigenvalue weighted by Gasteiger charge is -2.67. The van der Waals surface area contributed by atoms with E-state index in [1.54, 1.807) is 13.8 Å². The SMILES string of the molecule is CC(=O)O[C@H]1C[C@@H]2C[C@@]3(C[C@H](O)C4C(C)(C)[C@@H](OC(C)=O)C[C@H](O)[C@@]4(C)C13)C(=O)[C@]2(O)CC[C@@]1(O)C(=O)[C@]23C[C@H]1C[C@H](O)C2[C@@]1(C)C([C@@H](O)C3)C(C)(C)[C@@H](OC(C)=O)C[C@@H]1OC(C)=O. The number of hydrogen-bond acceptors (Lipinski definition) is 16. The van der Waals surface area contributed by atoms with Crippen LogP contribution in [0.4, 0.5) is 0 Å². The lowest BCUT2D eigenvalue weighted by molar-refractivity contribution is -0.279. The van der Waals surface area contributed by atoms with Gasteiger partial charge >= 0.3 is 23.9 Å². The van der Waals surface area contributed by atoms with Crippen molar-refractivity contribution in [3.63, 3.8) is 0 Å². The van der Waals surface area contributed by atoms with Gasteiger partial charge < -0.3 is 49.6 Å². The van der Waals surface area contributed by atoms with Crippen molar-refractivity contribution in [2.24, 2.45) is 68.0 Å². The van der Waals surface area contributed by atoms with Gasteiger partial charge in [0.15, 0.2) is 11.6 Å². The fraction of sp³-hybridized carbons (Fsp3) is 0.875. The van der Waals surface area contributed by atoms with Crippen LogP contribution in [0.15, 0.2) is 0 Å². The number of carbonyl (C=O) groups excluding carboxylic acids is 6. The minimum atomic E-state index is -2.16. The summed E-state index contributed by atoms with van der Waals surface area (Å²) in [7, 11) is 0. The van der Waals surface area contributed by atoms with Crippen LogP contribution in [0.2, 0.25) is 0 Å². The molecular formula is C48H70O16. The van der Waals surface area contributed by atoms with Crippen LogP contribution >= 0.6 is 0 Å².